The van der Waals surface area contributed by atoms with Crippen molar-refractivity contribution in [1.82, 2.24) is 9.88 Å². The smallest absolute Gasteiger partial charge is 0.0482 e. The molecule has 0 amide bonds. The number of aryl methyl sites for hydroxylation is 2. The molecule has 0 aliphatic heterocycles. The van der Waals surface area contributed by atoms with Gasteiger partial charge < -0.3 is 9.88 Å². The maximum absolute atomic E-state index is 3.34. The van der Waals surface area contributed by atoms with Crippen molar-refractivity contribution in [2.45, 2.75) is 32.6 Å². The average molecular weight is 256 g/mol. The number of nitrogens with one attached hydrogen (secondary N) is 1. The number of aromatic nitrogens is 1. The van der Waals surface area contributed by atoms with Gasteiger partial charge in [0.05, 0.1) is 0 Å². The van der Waals surface area contributed by atoms with Crippen molar-refractivity contribution >= 4 is 10.9 Å². The Morgan fingerprint density at radius 1 is 1.37 bits per heavy atom. The van der Waals surface area contributed by atoms with Crippen LogP contribution in [-0.2, 0) is 26.3 Å². The molecule has 1 heterocycles. The minimum absolute atomic E-state index is 0.799. The second-order valence-corrected chi connectivity index (χ2v) is 5.86. The zero-order valence-corrected chi connectivity index (χ0v) is 12.3. The first-order valence-electron chi connectivity index (χ1n) is 7.48. The van der Waals surface area contributed by atoms with Crippen LogP contribution in [0.25, 0.3) is 10.9 Å². The van der Waals surface area contributed by atoms with E-state index in [2.05, 4.69) is 49.1 Å². The third kappa shape index (κ3) is 2.08. The highest BCUT2D eigenvalue weighted by Gasteiger charge is 2.23. The van der Waals surface area contributed by atoms with Crippen LogP contribution >= 0.6 is 0 Å². The highest BCUT2D eigenvalue weighted by molar-refractivity contribution is 5.86. The maximum Gasteiger partial charge on any atom is 0.0482 e. The van der Waals surface area contributed by atoms with E-state index < -0.39 is 0 Å². The fourth-order valence-electron chi connectivity index (χ4n) is 3.58. The first kappa shape index (κ1) is 12.7. The van der Waals surface area contributed by atoms with Crippen molar-refractivity contribution in [3.63, 3.8) is 0 Å². The lowest BCUT2D eigenvalue weighted by Crippen LogP contribution is -2.25. The van der Waals surface area contributed by atoms with Gasteiger partial charge in [-0.25, -0.2) is 0 Å². The SMILES string of the molecule is CCc1ccc2c(c1)c1c(n2C)CCC(CNC)C1. The van der Waals surface area contributed by atoms with E-state index in [1.54, 1.807) is 11.3 Å². The Morgan fingerprint density at radius 2 is 2.21 bits per heavy atom. The number of rotatable bonds is 3. The second kappa shape index (κ2) is 5.01. The minimum Gasteiger partial charge on any atom is -0.347 e. The first-order chi connectivity index (χ1) is 9.24. The van der Waals surface area contributed by atoms with Gasteiger partial charge >= 0.3 is 0 Å². The molecule has 3 rings (SSSR count). The quantitative estimate of drug-likeness (QED) is 0.893. The van der Waals surface area contributed by atoms with Gasteiger partial charge in [-0.3, -0.25) is 0 Å². The van der Waals surface area contributed by atoms with Gasteiger partial charge in [-0.1, -0.05) is 13.0 Å². The van der Waals surface area contributed by atoms with E-state index in [1.807, 2.05) is 0 Å². The summed E-state index contributed by atoms with van der Waals surface area (Å²) in [4.78, 5) is 0. The van der Waals surface area contributed by atoms with Gasteiger partial charge in [0.25, 0.3) is 0 Å². The summed E-state index contributed by atoms with van der Waals surface area (Å²) in [6.45, 7) is 3.38. The summed E-state index contributed by atoms with van der Waals surface area (Å²) in [6.07, 6.45) is 4.91. The van der Waals surface area contributed by atoms with Crippen LogP contribution in [0.4, 0.5) is 0 Å². The molecule has 0 fully saturated rings. The number of nitrogens with zero attached hydrogens (tertiary/aromatic N) is 1. The lowest BCUT2D eigenvalue weighted by molar-refractivity contribution is 0.434. The summed E-state index contributed by atoms with van der Waals surface area (Å²) >= 11 is 0. The molecule has 0 spiro atoms. The number of benzene rings is 1. The molecule has 2 heteroatoms. The predicted octanol–water partition coefficient (Wildman–Crippen LogP) is 3.07. The van der Waals surface area contributed by atoms with Crippen molar-refractivity contribution < 1.29 is 0 Å². The molecule has 1 aromatic heterocycles. The minimum atomic E-state index is 0.799. The van der Waals surface area contributed by atoms with Crippen molar-refractivity contribution in [3.05, 3.63) is 35.0 Å². The van der Waals surface area contributed by atoms with Crippen LogP contribution in [0.5, 0.6) is 0 Å². The van der Waals surface area contributed by atoms with Crippen molar-refractivity contribution in [1.29, 1.82) is 0 Å². The lowest BCUT2D eigenvalue weighted by Gasteiger charge is -2.23. The average Bonchev–Trinajstić information content (AvgIpc) is 2.72. The highest BCUT2D eigenvalue weighted by atomic mass is 15.0. The molecular formula is C17H24N2. The molecule has 1 unspecified atom stereocenters. The van der Waals surface area contributed by atoms with Crippen LogP contribution in [0.2, 0.25) is 0 Å². The van der Waals surface area contributed by atoms with Gasteiger partial charge in [-0.05, 0) is 68.5 Å². The summed E-state index contributed by atoms with van der Waals surface area (Å²) in [5, 5.41) is 4.84. The van der Waals surface area contributed by atoms with E-state index in [9.17, 15) is 0 Å². The maximum atomic E-state index is 3.34. The zero-order chi connectivity index (χ0) is 13.4. The van der Waals surface area contributed by atoms with Gasteiger partial charge in [-0.15, -0.1) is 0 Å². The summed E-state index contributed by atoms with van der Waals surface area (Å²) in [5.74, 6) is 0.799. The zero-order valence-electron chi connectivity index (χ0n) is 12.3. The van der Waals surface area contributed by atoms with Gasteiger partial charge in [0, 0.05) is 23.6 Å². The molecular weight excluding hydrogens is 232 g/mol. The lowest BCUT2D eigenvalue weighted by atomic mass is 9.86. The molecule has 1 aliphatic rings. The van der Waals surface area contributed by atoms with Crippen molar-refractivity contribution in [2.75, 3.05) is 13.6 Å². The van der Waals surface area contributed by atoms with E-state index in [0.29, 0.717) is 0 Å². The summed E-state index contributed by atoms with van der Waals surface area (Å²) in [6, 6.07) is 6.99. The largest absolute Gasteiger partial charge is 0.347 e. The summed E-state index contributed by atoms with van der Waals surface area (Å²) < 4.78 is 2.42. The van der Waals surface area contributed by atoms with Crippen molar-refractivity contribution in [2.24, 2.45) is 13.0 Å². The molecule has 0 radical (unpaired) electrons. The third-order valence-corrected chi connectivity index (χ3v) is 4.68. The van der Waals surface area contributed by atoms with E-state index >= 15 is 0 Å². The molecule has 2 nitrogen and oxygen atoms in total. The predicted molar refractivity (Wildman–Crippen MR) is 81.7 cm³/mol. The third-order valence-electron chi connectivity index (χ3n) is 4.68. The highest BCUT2D eigenvalue weighted by Crippen LogP contribution is 2.34. The van der Waals surface area contributed by atoms with E-state index in [-0.39, 0.29) is 0 Å². The Hall–Kier alpha value is -1.28. The fraction of sp³-hybridized carbons (Fsp3) is 0.529. The van der Waals surface area contributed by atoms with Crippen LogP contribution in [0, 0.1) is 5.92 Å². The van der Waals surface area contributed by atoms with Gasteiger partial charge in [0.15, 0.2) is 0 Å². The Bertz CT molecular complexity index is 595. The normalized spacial score (nSPS) is 18.8. The summed E-state index contributed by atoms with van der Waals surface area (Å²) in [7, 11) is 4.29. The Labute approximate surface area is 115 Å². The van der Waals surface area contributed by atoms with Gasteiger partial charge in [0.2, 0.25) is 0 Å². The standard InChI is InChI=1S/C17H24N2/c1-4-12-5-7-16-14(9-12)15-10-13(11-18-2)6-8-17(15)19(16)3/h5,7,9,13,18H,4,6,8,10-11H2,1-3H3. The van der Waals surface area contributed by atoms with Gasteiger partial charge in [0.1, 0.15) is 0 Å². The van der Waals surface area contributed by atoms with E-state index in [1.165, 1.54) is 35.7 Å². The number of hydrogen-bond donors (Lipinski definition) is 1. The molecule has 2 aromatic rings. The molecule has 0 saturated carbocycles. The van der Waals surface area contributed by atoms with E-state index in [0.717, 1.165) is 18.9 Å². The molecule has 1 atom stereocenters. The Balaban J connectivity index is 2.10. The molecule has 19 heavy (non-hydrogen) atoms. The molecule has 102 valence electrons. The van der Waals surface area contributed by atoms with Crippen molar-refractivity contribution in [3.8, 4) is 0 Å². The van der Waals surface area contributed by atoms with Crippen LogP contribution in [0.1, 0.15) is 30.2 Å². The van der Waals surface area contributed by atoms with Crippen LogP contribution < -0.4 is 5.32 Å². The molecule has 0 saturated heterocycles. The summed E-state index contributed by atoms with van der Waals surface area (Å²) in [5.41, 5.74) is 6.04. The molecule has 0 bridgehead atoms. The van der Waals surface area contributed by atoms with Crippen LogP contribution in [-0.4, -0.2) is 18.2 Å². The fourth-order valence-corrected chi connectivity index (χ4v) is 3.58. The molecule has 1 N–H and O–H groups in total. The topological polar surface area (TPSA) is 17.0 Å². The van der Waals surface area contributed by atoms with E-state index in [4.69, 9.17) is 0 Å². The second-order valence-electron chi connectivity index (χ2n) is 5.86. The first-order valence-corrected chi connectivity index (χ1v) is 7.48. The molecule has 1 aromatic carbocycles. The molecule has 1 aliphatic carbocycles. The monoisotopic (exact) mass is 256 g/mol. The Kier molecular flexibility index (Phi) is 3.36. The van der Waals surface area contributed by atoms with Crippen LogP contribution in [0.3, 0.4) is 0 Å². The number of hydrogen-bond acceptors (Lipinski definition) is 1. The number of fused-ring (bicyclic) bond motifs is 3. The Morgan fingerprint density at radius 3 is 2.95 bits per heavy atom. The van der Waals surface area contributed by atoms with Crippen LogP contribution in [0.15, 0.2) is 18.2 Å². The van der Waals surface area contributed by atoms with Gasteiger partial charge in [-0.2, -0.15) is 0 Å².